The average molecular weight is 335 g/mol. The van der Waals surface area contributed by atoms with Crippen molar-refractivity contribution >= 4 is 17.4 Å². The molecular formula is C14H13F4NO4. The van der Waals surface area contributed by atoms with E-state index < -0.39 is 51.8 Å². The van der Waals surface area contributed by atoms with Crippen molar-refractivity contribution in [3.05, 3.63) is 40.7 Å². The van der Waals surface area contributed by atoms with E-state index in [1.807, 2.05) is 0 Å². The Balaban J connectivity index is 3.70. The maximum Gasteiger partial charge on any atom is 0.342 e. The van der Waals surface area contributed by atoms with Gasteiger partial charge >= 0.3 is 5.97 Å². The summed E-state index contributed by atoms with van der Waals surface area (Å²) in [5.74, 6) is -11.5. The molecule has 0 spiro atoms. The van der Waals surface area contributed by atoms with Crippen molar-refractivity contribution in [2.75, 3.05) is 25.6 Å². The summed E-state index contributed by atoms with van der Waals surface area (Å²) >= 11 is 0. The first-order valence-electron chi connectivity index (χ1n) is 6.28. The van der Waals surface area contributed by atoms with Crippen LogP contribution < -0.4 is 4.90 Å². The number of ketones is 1. The third-order valence-electron chi connectivity index (χ3n) is 2.76. The van der Waals surface area contributed by atoms with Gasteiger partial charge < -0.3 is 14.7 Å². The quantitative estimate of drug-likeness (QED) is 0.126. The summed E-state index contributed by atoms with van der Waals surface area (Å²) in [5, 5.41) is 8.98. The lowest BCUT2D eigenvalue weighted by molar-refractivity contribution is -0.132. The minimum absolute atomic E-state index is 0.000774. The maximum atomic E-state index is 14.0. The Morgan fingerprint density at radius 2 is 1.61 bits per heavy atom. The van der Waals surface area contributed by atoms with Crippen LogP contribution in [-0.4, -0.2) is 37.6 Å². The lowest BCUT2D eigenvalue weighted by Crippen LogP contribution is -2.23. The van der Waals surface area contributed by atoms with Gasteiger partial charge in [-0.2, -0.15) is 0 Å². The number of aliphatic carboxylic acids is 1. The Hall–Kier alpha value is -2.58. The van der Waals surface area contributed by atoms with Crippen LogP contribution in [0.2, 0.25) is 0 Å². The molecule has 0 radical (unpaired) electrons. The van der Waals surface area contributed by atoms with Crippen molar-refractivity contribution < 1.29 is 37.0 Å². The second kappa shape index (κ2) is 7.12. The Morgan fingerprint density at radius 3 is 2.04 bits per heavy atom. The molecule has 126 valence electrons. The summed E-state index contributed by atoms with van der Waals surface area (Å²) in [6.07, 6.45) is 0.530. The second-order valence-electron chi connectivity index (χ2n) is 4.50. The molecule has 0 saturated carbocycles. The molecule has 23 heavy (non-hydrogen) atoms. The van der Waals surface area contributed by atoms with Gasteiger partial charge in [0.05, 0.1) is 17.9 Å². The number of benzene rings is 1. The SMILES string of the molecule is CCO/C=C(/C(=O)O)C(=O)c1c(F)c(F)c(F)c(F)c1N(C)C. The number of carboxylic acids is 1. The number of carbonyl (C=O) groups is 2. The standard InChI is InChI=1S/C14H13F4NO4/c1-4-23-5-6(14(21)22)13(20)7-8(15)9(16)10(17)11(18)12(7)19(2)3/h5H,4H2,1-3H3,(H,21,22)/b6-5+. The topological polar surface area (TPSA) is 66.8 Å². The molecule has 0 fully saturated rings. The van der Waals surface area contributed by atoms with E-state index in [-0.39, 0.29) is 6.61 Å². The van der Waals surface area contributed by atoms with Gasteiger partial charge in [0.1, 0.15) is 11.8 Å². The largest absolute Gasteiger partial charge is 0.500 e. The molecule has 0 atom stereocenters. The number of ether oxygens (including phenoxy) is 1. The number of rotatable bonds is 6. The van der Waals surface area contributed by atoms with Crippen molar-refractivity contribution in [2.24, 2.45) is 0 Å². The smallest absolute Gasteiger partial charge is 0.342 e. The fourth-order valence-corrected chi connectivity index (χ4v) is 1.75. The predicted octanol–water partition coefficient (Wildman–Crippen LogP) is 2.50. The van der Waals surface area contributed by atoms with Gasteiger partial charge in [-0.3, -0.25) is 4.79 Å². The number of hydrogen-bond donors (Lipinski definition) is 1. The van der Waals surface area contributed by atoms with Gasteiger partial charge in [-0.25, -0.2) is 22.4 Å². The Morgan fingerprint density at radius 1 is 1.09 bits per heavy atom. The molecule has 0 saturated heterocycles. The third kappa shape index (κ3) is 3.43. The van der Waals surface area contributed by atoms with Gasteiger partial charge in [0, 0.05) is 14.1 Å². The van der Waals surface area contributed by atoms with Gasteiger partial charge in [0.2, 0.25) is 5.78 Å². The Bertz CT molecular complexity index is 686. The van der Waals surface area contributed by atoms with Crippen LogP contribution in [0.5, 0.6) is 0 Å². The Kier molecular flexibility index (Phi) is 5.72. The summed E-state index contributed by atoms with van der Waals surface area (Å²) in [5.41, 5.74) is -3.20. The van der Waals surface area contributed by atoms with E-state index >= 15 is 0 Å². The lowest BCUT2D eigenvalue weighted by Gasteiger charge is -2.19. The van der Waals surface area contributed by atoms with E-state index in [0.29, 0.717) is 6.26 Å². The summed E-state index contributed by atoms with van der Waals surface area (Å²) in [4.78, 5) is 24.1. The molecular weight excluding hydrogens is 322 g/mol. The molecule has 1 rings (SSSR count). The zero-order valence-electron chi connectivity index (χ0n) is 12.4. The lowest BCUT2D eigenvalue weighted by atomic mass is 10.00. The zero-order chi connectivity index (χ0) is 17.9. The fourth-order valence-electron chi connectivity index (χ4n) is 1.75. The van der Waals surface area contributed by atoms with Crippen molar-refractivity contribution in [1.82, 2.24) is 0 Å². The predicted molar refractivity (Wildman–Crippen MR) is 72.3 cm³/mol. The van der Waals surface area contributed by atoms with Gasteiger partial charge in [-0.1, -0.05) is 0 Å². The molecule has 0 aliphatic heterocycles. The number of carbonyl (C=O) groups excluding carboxylic acids is 1. The number of nitrogens with zero attached hydrogens (tertiary/aromatic N) is 1. The van der Waals surface area contributed by atoms with Crippen LogP contribution in [0.15, 0.2) is 11.8 Å². The van der Waals surface area contributed by atoms with Crippen LogP contribution in [0.25, 0.3) is 0 Å². The van der Waals surface area contributed by atoms with Crippen LogP contribution in [0.3, 0.4) is 0 Å². The van der Waals surface area contributed by atoms with Crippen LogP contribution in [0.1, 0.15) is 17.3 Å². The van der Waals surface area contributed by atoms with Crippen molar-refractivity contribution in [3.8, 4) is 0 Å². The van der Waals surface area contributed by atoms with Gasteiger partial charge in [-0.05, 0) is 6.92 Å². The number of hydrogen-bond acceptors (Lipinski definition) is 4. The number of halogens is 4. The van der Waals surface area contributed by atoms with E-state index in [9.17, 15) is 27.2 Å². The van der Waals surface area contributed by atoms with Crippen molar-refractivity contribution in [3.63, 3.8) is 0 Å². The molecule has 5 nitrogen and oxygen atoms in total. The van der Waals surface area contributed by atoms with Crippen molar-refractivity contribution in [1.29, 1.82) is 0 Å². The van der Waals surface area contributed by atoms with E-state index in [2.05, 4.69) is 4.74 Å². The number of Topliss-reactive ketones (excluding diaryl/α,β-unsaturated/α-hetero) is 1. The summed E-state index contributed by atoms with van der Waals surface area (Å²) in [6.45, 7) is 1.49. The molecule has 0 bridgehead atoms. The molecule has 0 unspecified atom stereocenters. The van der Waals surface area contributed by atoms with E-state index in [1.165, 1.54) is 6.92 Å². The molecule has 1 aromatic carbocycles. The number of anilines is 1. The van der Waals surface area contributed by atoms with Crippen LogP contribution >= 0.6 is 0 Å². The van der Waals surface area contributed by atoms with E-state index in [1.54, 1.807) is 0 Å². The maximum absolute atomic E-state index is 14.0. The molecule has 1 aromatic rings. The van der Waals surface area contributed by atoms with Gasteiger partial charge in [0.25, 0.3) is 0 Å². The molecule has 0 aliphatic rings. The summed E-state index contributed by atoms with van der Waals surface area (Å²) in [6, 6.07) is 0. The first kappa shape index (κ1) is 18.5. The van der Waals surface area contributed by atoms with Crippen LogP contribution in [0, 0.1) is 23.3 Å². The zero-order valence-corrected chi connectivity index (χ0v) is 12.4. The summed E-state index contributed by atoms with van der Waals surface area (Å²) in [7, 11) is 2.30. The van der Waals surface area contributed by atoms with Crippen LogP contribution in [0.4, 0.5) is 23.2 Å². The highest BCUT2D eigenvalue weighted by molar-refractivity contribution is 6.25. The highest BCUT2D eigenvalue weighted by Crippen LogP contribution is 2.32. The fraction of sp³-hybridized carbons (Fsp3) is 0.286. The highest BCUT2D eigenvalue weighted by atomic mass is 19.2. The van der Waals surface area contributed by atoms with Gasteiger partial charge in [-0.15, -0.1) is 0 Å². The van der Waals surface area contributed by atoms with Gasteiger partial charge in [0.15, 0.2) is 23.3 Å². The molecule has 9 heteroatoms. The van der Waals surface area contributed by atoms with Crippen molar-refractivity contribution in [2.45, 2.75) is 6.92 Å². The normalized spacial score (nSPS) is 11.3. The van der Waals surface area contributed by atoms with E-state index in [4.69, 9.17) is 5.11 Å². The molecule has 0 amide bonds. The highest BCUT2D eigenvalue weighted by Gasteiger charge is 2.33. The van der Waals surface area contributed by atoms with E-state index in [0.717, 1.165) is 19.0 Å². The Labute approximate surface area is 128 Å². The molecule has 0 aliphatic carbocycles. The first-order valence-corrected chi connectivity index (χ1v) is 6.28. The molecule has 1 N–H and O–H groups in total. The monoisotopic (exact) mass is 335 g/mol. The molecule has 0 heterocycles. The van der Waals surface area contributed by atoms with Crippen LogP contribution in [-0.2, 0) is 9.53 Å². The third-order valence-corrected chi connectivity index (χ3v) is 2.76. The summed E-state index contributed by atoms with van der Waals surface area (Å²) < 4.78 is 59.2. The second-order valence-corrected chi connectivity index (χ2v) is 4.50. The first-order chi connectivity index (χ1) is 10.6. The minimum atomic E-state index is -2.21. The minimum Gasteiger partial charge on any atom is -0.500 e. The average Bonchev–Trinajstić information content (AvgIpc) is 2.47. The molecule has 0 aromatic heterocycles. The number of carboxylic acid groups (broad SMARTS) is 1.